The molecule has 2 nitrogen and oxygen atoms in total. The van der Waals surface area contributed by atoms with E-state index in [1.807, 2.05) is 0 Å². The number of hydrogen-bond acceptors (Lipinski definition) is 2. The molecular formula is HO2PPd. The van der Waals surface area contributed by atoms with Gasteiger partial charge in [-0.15, -0.1) is 0 Å². The molecule has 0 aromatic heterocycles. The summed E-state index contributed by atoms with van der Waals surface area (Å²) in [6, 6.07) is 0. The van der Waals surface area contributed by atoms with Crippen LogP contribution >= 0.6 is 8.34 Å². The van der Waals surface area contributed by atoms with Crippen LogP contribution in [0.15, 0.2) is 0 Å². The second-order valence-corrected chi connectivity index (χ2v) is 0.250. The van der Waals surface area contributed by atoms with Gasteiger partial charge in [-0.25, -0.2) is 9.13 Å². The maximum atomic E-state index is 8.40. The van der Waals surface area contributed by atoms with Crippen LogP contribution in [0.25, 0.3) is 0 Å². The molecule has 0 aromatic rings. The molecule has 4 heteroatoms. The molecule has 4 heavy (non-hydrogen) atoms. The maximum absolute atomic E-state index is 8.40. The van der Waals surface area contributed by atoms with Gasteiger partial charge in [-0.1, -0.05) is 0 Å². The van der Waals surface area contributed by atoms with E-state index in [2.05, 4.69) is 0 Å². The Labute approximate surface area is 38.5 Å². The molecule has 0 amide bonds. The Morgan fingerprint density at radius 1 is 1.25 bits per heavy atom. The van der Waals surface area contributed by atoms with Crippen LogP contribution in [0.2, 0.25) is 0 Å². The Morgan fingerprint density at radius 3 is 1.25 bits per heavy atom. The smallest absolute Gasteiger partial charge is 0.241 e. The summed E-state index contributed by atoms with van der Waals surface area (Å²) in [5.41, 5.74) is 0. The molecule has 0 radical (unpaired) electrons. The summed E-state index contributed by atoms with van der Waals surface area (Å²) in [6.07, 6.45) is 0. The summed E-state index contributed by atoms with van der Waals surface area (Å²) in [7, 11) is -1.42. The summed E-state index contributed by atoms with van der Waals surface area (Å²) >= 11 is 0. The van der Waals surface area contributed by atoms with Crippen LogP contribution in [0.3, 0.4) is 0 Å². The van der Waals surface area contributed by atoms with Crippen molar-refractivity contribution in [3.63, 3.8) is 0 Å². The topological polar surface area (TPSA) is 34.1 Å². The van der Waals surface area contributed by atoms with Crippen molar-refractivity contribution in [2.75, 3.05) is 0 Å². The Bertz CT molecular complexity index is 27.0. The quantitative estimate of drug-likeness (QED) is 0.388. The molecule has 0 aliphatic carbocycles. The molecule has 0 atom stereocenters. The van der Waals surface area contributed by atoms with Gasteiger partial charge in [0.15, 0.2) is 0 Å². The van der Waals surface area contributed by atoms with E-state index in [0.717, 1.165) is 0 Å². The van der Waals surface area contributed by atoms with E-state index in [-0.39, 0.29) is 20.4 Å². The predicted octanol–water partition coefficient (Wildman–Crippen LogP) is 0.353. The van der Waals surface area contributed by atoms with Crippen LogP contribution in [-0.4, -0.2) is 0 Å². The van der Waals surface area contributed by atoms with Crippen LogP contribution in [0.5, 0.6) is 0 Å². The minimum absolute atomic E-state index is 0. The van der Waals surface area contributed by atoms with E-state index in [0.29, 0.717) is 0 Å². The third-order valence-corrected chi connectivity index (χ3v) is 0. The van der Waals surface area contributed by atoms with Gasteiger partial charge in [0.2, 0.25) is 0 Å². The van der Waals surface area contributed by atoms with E-state index in [1.165, 1.54) is 0 Å². The van der Waals surface area contributed by atoms with Crippen molar-refractivity contribution in [3.05, 3.63) is 0 Å². The molecular weight excluding hydrogens is 169 g/mol. The third-order valence-electron chi connectivity index (χ3n) is 0. The average Bonchev–Trinajstić information content (AvgIpc) is 0.918. The first-order valence-corrected chi connectivity index (χ1v) is 1.22. The van der Waals surface area contributed by atoms with E-state index in [9.17, 15) is 0 Å². The summed E-state index contributed by atoms with van der Waals surface area (Å²) in [4.78, 5) is 0. The molecule has 0 heterocycles. The van der Waals surface area contributed by atoms with Gasteiger partial charge in [0.05, 0.1) is 0 Å². The van der Waals surface area contributed by atoms with Crippen LogP contribution in [0.1, 0.15) is 0 Å². The van der Waals surface area contributed by atoms with Crippen LogP contribution in [0.4, 0.5) is 0 Å². The normalized spacial score (nSPS) is 3.00. The van der Waals surface area contributed by atoms with Crippen LogP contribution < -0.4 is 0 Å². The van der Waals surface area contributed by atoms with Crippen molar-refractivity contribution >= 4 is 8.34 Å². The second-order valence-electron chi connectivity index (χ2n) is 0.0833. The fourth-order valence-corrected chi connectivity index (χ4v) is 0. The van der Waals surface area contributed by atoms with Gasteiger partial charge >= 0.3 is 8.34 Å². The third kappa shape index (κ3) is 19.8. The minimum atomic E-state index is -1.42. The van der Waals surface area contributed by atoms with Crippen molar-refractivity contribution in [3.8, 4) is 0 Å². The molecule has 0 unspecified atom stereocenters. The zero-order chi connectivity index (χ0) is 2.71. The van der Waals surface area contributed by atoms with Gasteiger partial charge in [0.1, 0.15) is 0 Å². The minimum Gasteiger partial charge on any atom is -0.241 e. The fourth-order valence-electron chi connectivity index (χ4n) is 0. The van der Waals surface area contributed by atoms with Crippen molar-refractivity contribution in [1.29, 1.82) is 0 Å². The standard InChI is InChI=1S/HO2P.Pd/c1-3-2;/h3H;. The van der Waals surface area contributed by atoms with Gasteiger partial charge in [-0.05, 0) is 0 Å². The van der Waals surface area contributed by atoms with E-state index >= 15 is 0 Å². The molecule has 0 fully saturated rings. The molecule has 28 valence electrons. The van der Waals surface area contributed by atoms with Crippen molar-refractivity contribution in [1.82, 2.24) is 0 Å². The molecule has 0 saturated carbocycles. The molecule has 0 aliphatic rings. The van der Waals surface area contributed by atoms with Gasteiger partial charge in [0, 0.05) is 20.4 Å². The Kier molecular flexibility index (Phi) is 21.1. The summed E-state index contributed by atoms with van der Waals surface area (Å²) in [5.74, 6) is 0. The summed E-state index contributed by atoms with van der Waals surface area (Å²) in [5, 5.41) is 0. The fraction of sp³-hybridized carbons (Fsp3) is 0. The summed E-state index contributed by atoms with van der Waals surface area (Å²) < 4.78 is 16.8. The summed E-state index contributed by atoms with van der Waals surface area (Å²) in [6.45, 7) is 0. The molecule has 0 rings (SSSR count). The monoisotopic (exact) mass is 170 g/mol. The molecule has 0 saturated heterocycles. The van der Waals surface area contributed by atoms with Crippen LogP contribution in [0, 0.1) is 0 Å². The SMILES string of the molecule is O=[PH]=O.[Pd]. The average molecular weight is 170 g/mol. The van der Waals surface area contributed by atoms with Gasteiger partial charge < -0.3 is 0 Å². The molecule has 0 bridgehead atoms. The van der Waals surface area contributed by atoms with Gasteiger partial charge in [-0.3, -0.25) is 0 Å². The predicted molar refractivity (Wildman–Crippen MR) is 9.69 cm³/mol. The Morgan fingerprint density at radius 2 is 1.25 bits per heavy atom. The zero-order valence-electron chi connectivity index (χ0n) is 1.63. The van der Waals surface area contributed by atoms with E-state index < -0.39 is 8.34 Å². The Hall–Kier alpha value is 0.562. The Balaban J connectivity index is 0. The van der Waals surface area contributed by atoms with Crippen molar-refractivity contribution < 1.29 is 29.6 Å². The van der Waals surface area contributed by atoms with Crippen molar-refractivity contribution in [2.45, 2.75) is 0 Å². The van der Waals surface area contributed by atoms with E-state index in [1.54, 1.807) is 0 Å². The maximum Gasteiger partial charge on any atom is 0.303 e. The molecule has 0 N–H and O–H groups in total. The zero-order valence-corrected chi connectivity index (χ0v) is 4.19. The van der Waals surface area contributed by atoms with Crippen molar-refractivity contribution in [2.24, 2.45) is 0 Å². The van der Waals surface area contributed by atoms with Crippen LogP contribution in [-0.2, 0) is 29.6 Å². The largest absolute Gasteiger partial charge is 0.303 e. The first-order valence-electron chi connectivity index (χ1n) is 0.408. The van der Waals surface area contributed by atoms with Gasteiger partial charge in [0.25, 0.3) is 0 Å². The first-order chi connectivity index (χ1) is 1.41. The van der Waals surface area contributed by atoms with E-state index in [4.69, 9.17) is 9.13 Å². The molecule has 0 aromatic carbocycles. The first kappa shape index (κ1) is 8.82. The van der Waals surface area contributed by atoms with Gasteiger partial charge in [-0.2, -0.15) is 0 Å². The molecule has 0 aliphatic heterocycles. The number of rotatable bonds is 0. The second kappa shape index (κ2) is 9.58. The number of hydrogen-bond donors (Lipinski definition) is 0. The molecule has 0 spiro atoms.